The Morgan fingerprint density at radius 1 is 1.20 bits per heavy atom. The summed E-state index contributed by atoms with van der Waals surface area (Å²) < 4.78 is 9.74. The quantitative estimate of drug-likeness (QED) is 0.551. The van der Waals surface area contributed by atoms with Gasteiger partial charge in [0.05, 0.1) is 12.2 Å². The number of nitrogens with zero attached hydrogens (tertiary/aromatic N) is 4. The molecule has 128 valence electrons. The Hall–Kier alpha value is -2.80. The zero-order valence-electron chi connectivity index (χ0n) is 13.9. The molecular formula is C17H15ClN4O3. The van der Waals surface area contributed by atoms with Crippen molar-refractivity contribution in [1.29, 1.82) is 0 Å². The van der Waals surface area contributed by atoms with Gasteiger partial charge < -0.3 is 4.42 Å². The molecule has 0 atom stereocenters. The summed E-state index contributed by atoms with van der Waals surface area (Å²) in [5.74, 6) is 0.975. The standard InChI is InChI=1S/C17H15ClN4O3/c1-9-10(2)25-16-19-14-13(22(9)16)15(23)21(17(24)20(14)3)8-11-6-4-5-7-12(11)18/h4-7H,8H2,1-3H3. The van der Waals surface area contributed by atoms with Crippen LogP contribution in [0.2, 0.25) is 5.02 Å². The highest BCUT2D eigenvalue weighted by molar-refractivity contribution is 6.31. The van der Waals surface area contributed by atoms with Crippen LogP contribution in [0.4, 0.5) is 0 Å². The first kappa shape index (κ1) is 15.7. The van der Waals surface area contributed by atoms with Crippen LogP contribution in [0.1, 0.15) is 17.0 Å². The number of halogens is 1. The van der Waals surface area contributed by atoms with Crippen molar-refractivity contribution in [1.82, 2.24) is 18.5 Å². The molecule has 25 heavy (non-hydrogen) atoms. The lowest BCUT2D eigenvalue weighted by Crippen LogP contribution is -2.39. The molecule has 0 aliphatic rings. The maximum atomic E-state index is 13.1. The van der Waals surface area contributed by atoms with Gasteiger partial charge >= 0.3 is 11.5 Å². The number of hydrogen-bond acceptors (Lipinski definition) is 4. The van der Waals surface area contributed by atoms with Crippen LogP contribution in [-0.2, 0) is 13.6 Å². The van der Waals surface area contributed by atoms with Crippen LogP contribution in [0.15, 0.2) is 38.3 Å². The molecule has 0 saturated heterocycles. The van der Waals surface area contributed by atoms with Crippen molar-refractivity contribution in [3.8, 4) is 0 Å². The number of hydrogen-bond donors (Lipinski definition) is 0. The third kappa shape index (κ3) is 2.16. The lowest BCUT2D eigenvalue weighted by molar-refractivity contribution is 0.561. The Morgan fingerprint density at radius 3 is 2.64 bits per heavy atom. The van der Waals surface area contributed by atoms with Crippen molar-refractivity contribution in [3.05, 3.63) is 67.1 Å². The van der Waals surface area contributed by atoms with E-state index in [1.165, 1.54) is 9.13 Å². The second-order valence-corrected chi connectivity index (χ2v) is 6.38. The van der Waals surface area contributed by atoms with Gasteiger partial charge in [-0.1, -0.05) is 29.8 Å². The number of rotatable bonds is 2. The first-order valence-corrected chi connectivity index (χ1v) is 8.09. The van der Waals surface area contributed by atoms with Gasteiger partial charge in [-0.3, -0.25) is 18.3 Å². The second-order valence-electron chi connectivity index (χ2n) is 5.97. The van der Waals surface area contributed by atoms with Crippen LogP contribution in [0.5, 0.6) is 0 Å². The largest absolute Gasteiger partial charge is 0.428 e. The maximum absolute atomic E-state index is 13.1. The molecule has 0 aliphatic heterocycles. The summed E-state index contributed by atoms with van der Waals surface area (Å²) in [6, 6.07) is 7.13. The summed E-state index contributed by atoms with van der Waals surface area (Å²) in [5, 5.41) is 0.505. The number of aromatic nitrogens is 4. The zero-order chi connectivity index (χ0) is 17.9. The third-order valence-electron chi connectivity index (χ3n) is 4.49. The zero-order valence-corrected chi connectivity index (χ0v) is 14.7. The average molecular weight is 359 g/mol. The maximum Gasteiger partial charge on any atom is 0.332 e. The van der Waals surface area contributed by atoms with Gasteiger partial charge in [0.1, 0.15) is 5.76 Å². The van der Waals surface area contributed by atoms with Gasteiger partial charge in [0.25, 0.3) is 5.56 Å². The van der Waals surface area contributed by atoms with E-state index in [4.69, 9.17) is 16.0 Å². The Bertz CT molecular complexity index is 1260. The van der Waals surface area contributed by atoms with Gasteiger partial charge in [-0.05, 0) is 25.5 Å². The highest BCUT2D eigenvalue weighted by Gasteiger charge is 2.21. The fraction of sp³-hybridized carbons (Fsp3) is 0.235. The van der Waals surface area contributed by atoms with Crippen LogP contribution in [-0.4, -0.2) is 18.5 Å². The Kier molecular flexibility index (Phi) is 3.36. The number of fused-ring (bicyclic) bond motifs is 3. The van der Waals surface area contributed by atoms with Gasteiger partial charge in [0.2, 0.25) is 0 Å². The molecule has 3 heterocycles. The van der Waals surface area contributed by atoms with Gasteiger partial charge in [-0.2, -0.15) is 4.98 Å². The molecule has 0 radical (unpaired) electrons. The highest BCUT2D eigenvalue weighted by Crippen LogP contribution is 2.20. The molecule has 0 bridgehead atoms. The minimum Gasteiger partial charge on any atom is -0.428 e. The molecule has 0 fully saturated rings. The van der Waals surface area contributed by atoms with Crippen molar-refractivity contribution in [2.45, 2.75) is 20.4 Å². The van der Waals surface area contributed by atoms with Crippen molar-refractivity contribution in [2.24, 2.45) is 7.05 Å². The smallest absolute Gasteiger partial charge is 0.332 e. The van der Waals surface area contributed by atoms with Gasteiger partial charge in [-0.25, -0.2) is 4.79 Å². The van der Waals surface area contributed by atoms with Gasteiger partial charge in [-0.15, -0.1) is 0 Å². The van der Waals surface area contributed by atoms with E-state index in [2.05, 4.69) is 4.98 Å². The molecule has 1 aromatic carbocycles. The molecular weight excluding hydrogens is 344 g/mol. The van der Waals surface area contributed by atoms with Crippen LogP contribution in [0.25, 0.3) is 17.0 Å². The predicted molar refractivity (Wildman–Crippen MR) is 94.5 cm³/mol. The lowest BCUT2D eigenvalue weighted by Gasteiger charge is -2.09. The highest BCUT2D eigenvalue weighted by atomic mass is 35.5. The van der Waals surface area contributed by atoms with Crippen molar-refractivity contribution < 1.29 is 4.42 Å². The summed E-state index contributed by atoms with van der Waals surface area (Å²) in [6.45, 7) is 3.74. The van der Waals surface area contributed by atoms with E-state index in [0.29, 0.717) is 33.4 Å². The Labute approximate surface area is 146 Å². The Balaban J connectivity index is 2.08. The van der Waals surface area contributed by atoms with Crippen LogP contribution >= 0.6 is 11.6 Å². The summed E-state index contributed by atoms with van der Waals surface area (Å²) in [6.07, 6.45) is 0. The second kappa shape index (κ2) is 5.35. The van der Waals surface area contributed by atoms with Crippen LogP contribution in [0.3, 0.4) is 0 Å². The number of imidazole rings is 1. The van der Waals surface area contributed by atoms with E-state index >= 15 is 0 Å². The number of benzene rings is 1. The molecule has 0 N–H and O–H groups in total. The van der Waals surface area contributed by atoms with Crippen molar-refractivity contribution in [3.63, 3.8) is 0 Å². The number of oxazole rings is 1. The SMILES string of the molecule is Cc1oc2nc3c(c(=O)n(Cc4ccccc4Cl)c(=O)n3C)n2c1C. The van der Waals surface area contributed by atoms with E-state index in [1.807, 2.05) is 13.0 Å². The molecule has 0 spiro atoms. The molecule has 8 heteroatoms. The average Bonchev–Trinajstić information content (AvgIpc) is 3.08. The molecule has 0 saturated carbocycles. The molecule has 0 unspecified atom stereocenters. The summed E-state index contributed by atoms with van der Waals surface area (Å²) >= 11 is 6.18. The third-order valence-corrected chi connectivity index (χ3v) is 4.86. The number of aryl methyl sites for hydroxylation is 3. The van der Waals surface area contributed by atoms with Gasteiger partial charge in [0.15, 0.2) is 11.2 Å². The topological polar surface area (TPSA) is 74.4 Å². The van der Waals surface area contributed by atoms with Crippen LogP contribution < -0.4 is 11.2 Å². The molecule has 0 amide bonds. The monoisotopic (exact) mass is 358 g/mol. The summed E-state index contributed by atoms with van der Waals surface area (Å²) in [4.78, 5) is 30.0. The first-order valence-electron chi connectivity index (χ1n) is 7.71. The van der Waals surface area contributed by atoms with Crippen molar-refractivity contribution in [2.75, 3.05) is 0 Å². The molecule has 7 nitrogen and oxygen atoms in total. The van der Waals surface area contributed by atoms with E-state index in [-0.39, 0.29) is 6.54 Å². The molecule has 0 aliphatic carbocycles. The lowest BCUT2D eigenvalue weighted by atomic mass is 10.2. The van der Waals surface area contributed by atoms with Crippen molar-refractivity contribution >= 4 is 28.6 Å². The van der Waals surface area contributed by atoms with Gasteiger partial charge in [0, 0.05) is 12.1 Å². The molecule has 3 aromatic heterocycles. The summed E-state index contributed by atoms with van der Waals surface area (Å²) in [7, 11) is 1.59. The van der Waals surface area contributed by atoms with Crippen LogP contribution in [0, 0.1) is 13.8 Å². The first-order chi connectivity index (χ1) is 11.9. The fourth-order valence-corrected chi connectivity index (χ4v) is 3.18. The van der Waals surface area contributed by atoms with E-state index in [1.54, 1.807) is 36.6 Å². The molecule has 4 aromatic rings. The Morgan fingerprint density at radius 2 is 1.92 bits per heavy atom. The normalized spacial score (nSPS) is 11.7. The van der Waals surface area contributed by atoms with E-state index in [9.17, 15) is 9.59 Å². The minimum absolute atomic E-state index is 0.0875. The molecule has 4 rings (SSSR count). The fourth-order valence-electron chi connectivity index (χ4n) is 2.98. The minimum atomic E-state index is -0.451. The summed E-state index contributed by atoms with van der Waals surface area (Å²) in [5.41, 5.74) is 1.22. The van der Waals surface area contributed by atoms with E-state index < -0.39 is 11.2 Å². The predicted octanol–water partition coefficient (Wildman–Crippen LogP) is 2.26. The van der Waals surface area contributed by atoms with E-state index in [0.717, 1.165) is 5.69 Å².